The summed E-state index contributed by atoms with van der Waals surface area (Å²) < 4.78 is 5.01. The maximum absolute atomic E-state index is 12.3. The molecule has 1 aliphatic heterocycles. The lowest BCUT2D eigenvalue weighted by molar-refractivity contribution is -0.136. The van der Waals surface area contributed by atoms with Crippen molar-refractivity contribution in [2.45, 2.75) is 39.2 Å². The Kier molecular flexibility index (Phi) is 4.72. The zero-order chi connectivity index (χ0) is 17.2. The molecule has 2 rings (SSSR count). The zero-order valence-corrected chi connectivity index (χ0v) is 13.6. The molecular weight excluding hydrogens is 300 g/mol. The number of amides is 3. The molecule has 0 atom stereocenters. The topological polar surface area (TPSA) is 119 Å². The number of carbonyl (C=O) groups is 3. The van der Waals surface area contributed by atoms with Crippen LogP contribution in [-0.2, 0) is 9.59 Å². The third-order valence-electron chi connectivity index (χ3n) is 4.42. The number of primary amides is 1. The summed E-state index contributed by atoms with van der Waals surface area (Å²) in [6.45, 7) is 5.84. The van der Waals surface area contributed by atoms with Gasteiger partial charge in [0.1, 0.15) is 11.8 Å². The van der Waals surface area contributed by atoms with Gasteiger partial charge in [0.05, 0.1) is 5.92 Å². The van der Waals surface area contributed by atoms with E-state index in [1.807, 2.05) is 0 Å². The van der Waals surface area contributed by atoms with Crippen LogP contribution in [0.1, 0.15) is 43.1 Å². The summed E-state index contributed by atoms with van der Waals surface area (Å²) in [6, 6.07) is 0. The van der Waals surface area contributed by atoms with E-state index < -0.39 is 11.4 Å². The minimum absolute atomic E-state index is 0.231. The van der Waals surface area contributed by atoms with Crippen LogP contribution in [0.4, 0.5) is 0 Å². The molecule has 0 radical (unpaired) electrons. The predicted octanol–water partition coefficient (Wildman–Crippen LogP) is 0.215. The Bertz CT molecular complexity index is 615. The maximum atomic E-state index is 12.3. The maximum Gasteiger partial charge on any atom is 0.275 e. The van der Waals surface area contributed by atoms with E-state index in [0.717, 1.165) is 0 Å². The second kappa shape index (κ2) is 6.39. The van der Waals surface area contributed by atoms with Gasteiger partial charge in [0.15, 0.2) is 11.6 Å². The molecule has 1 saturated heterocycles. The van der Waals surface area contributed by atoms with Crippen molar-refractivity contribution in [1.82, 2.24) is 15.2 Å². The molecule has 0 aliphatic carbocycles. The van der Waals surface area contributed by atoms with Crippen molar-refractivity contribution in [1.29, 1.82) is 0 Å². The SMILES string of the molecule is CCC(CC)(NC(=O)C1CN(C(=O)c2coc(C)n2)C1)C(N)=O. The number of nitrogens with one attached hydrogen (secondary N) is 1. The number of aryl methyl sites for hydroxylation is 1. The third kappa shape index (κ3) is 3.20. The lowest BCUT2D eigenvalue weighted by atomic mass is 9.89. The summed E-state index contributed by atoms with van der Waals surface area (Å²) in [5.74, 6) is -0.990. The minimum Gasteiger partial charge on any atom is -0.448 e. The molecule has 0 unspecified atom stereocenters. The second-order valence-electron chi connectivity index (χ2n) is 5.80. The number of hydrogen-bond acceptors (Lipinski definition) is 5. The Labute approximate surface area is 134 Å². The number of hydrogen-bond donors (Lipinski definition) is 2. The number of oxazole rings is 1. The summed E-state index contributed by atoms with van der Waals surface area (Å²) in [6.07, 6.45) is 2.16. The fourth-order valence-corrected chi connectivity index (χ4v) is 2.61. The van der Waals surface area contributed by atoms with Crippen molar-refractivity contribution in [2.24, 2.45) is 11.7 Å². The molecule has 0 saturated carbocycles. The van der Waals surface area contributed by atoms with Crippen LogP contribution in [0, 0.1) is 12.8 Å². The van der Waals surface area contributed by atoms with E-state index in [1.165, 1.54) is 11.2 Å². The van der Waals surface area contributed by atoms with Gasteiger partial charge in [-0.2, -0.15) is 0 Å². The van der Waals surface area contributed by atoms with Crippen molar-refractivity contribution in [3.8, 4) is 0 Å². The van der Waals surface area contributed by atoms with Gasteiger partial charge in [0.25, 0.3) is 5.91 Å². The Morgan fingerprint density at radius 1 is 1.39 bits per heavy atom. The molecule has 1 aliphatic rings. The average Bonchev–Trinajstić information content (AvgIpc) is 2.89. The lowest BCUT2D eigenvalue weighted by Gasteiger charge is -2.40. The highest BCUT2D eigenvalue weighted by molar-refractivity contribution is 5.95. The summed E-state index contributed by atoms with van der Waals surface area (Å²) in [5, 5.41) is 2.75. The van der Waals surface area contributed by atoms with Crippen molar-refractivity contribution < 1.29 is 18.8 Å². The van der Waals surface area contributed by atoms with Crippen LogP contribution < -0.4 is 11.1 Å². The van der Waals surface area contributed by atoms with E-state index in [0.29, 0.717) is 31.8 Å². The molecule has 1 aromatic heterocycles. The zero-order valence-electron chi connectivity index (χ0n) is 13.6. The van der Waals surface area contributed by atoms with Gasteiger partial charge in [-0.15, -0.1) is 0 Å². The number of likely N-dealkylation sites (tertiary alicyclic amines) is 1. The molecule has 3 N–H and O–H groups in total. The first-order chi connectivity index (χ1) is 10.8. The van der Waals surface area contributed by atoms with E-state index in [-0.39, 0.29) is 23.4 Å². The van der Waals surface area contributed by atoms with Gasteiger partial charge in [-0.1, -0.05) is 13.8 Å². The highest BCUT2D eigenvalue weighted by atomic mass is 16.3. The Morgan fingerprint density at radius 3 is 2.43 bits per heavy atom. The summed E-state index contributed by atoms with van der Waals surface area (Å²) in [4.78, 5) is 41.5. The largest absolute Gasteiger partial charge is 0.448 e. The van der Waals surface area contributed by atoms with Crippen LogP contribution in [-0.4, -0.2) is 46.2 Å². The van der Waals surface area contributed by atoms with Crippen LogP contribution in [0.25, 0.3) is 0 Å². The first kappa shape index (κ1) is 17.0. The van der Waals surface area contributed by atoms with Gasteiger partial charge in [-0.25, -0.2) is 4.98 Å². The van der Waals surface area contributed by atoms with Gasteiger partial charge in [-0.3, -0.25) is 14.4 Å². The molecule has 1 fully saturated rings. The number of rotatable bonds is 6. The first-order valence-electron chi connectivity index (χ1n) is 7.66. The highest BCUT2D eigenvalue weighted by Gasteiger charge is 2.41. The fourth-order valence-electron chi connectivity index (χ4n) is 2.61. The summed E-state index contributed by atoms with van der Waals surface area (Å²) >= 11 is 0. The summed E-state index contributed by atoms with van der Waals surface area (Å²) in [7, 11) is 0. The molecule has 1 aromatic rings. The van der Waals surface area contributed by atoms with E-state index in [2.05, 4.69) is 10.3 Å². The van der Waals surface area contributed by atoms with Crippen molar-refractivity contribution in [2.75, 3.05) is 13.1 Å². The number of carbonyl (C=O) groups excluding carboxylic acids is 3. The van der Waals surface area contributed by atoms with Crippen LogP contribution in [0.15, 0.2) is 10.7 Å². The quantitative estimate of drug-likeness (QED) is 0.776. The predicted molar refractivity (Wildman–Crippen MR) is 81.3 cm³/mol. The van der Waals surface area contributed by atoms with E-state index in [4.69, 9.17) is 10.2 Å². The Balaban J connectivity index is 1.92. The number of nitrogens with zero attached hydrogens (tertiary/aromatic N) is 2. The standard InChI is InChI=1S/C15H22N4O4/c1-4-15(5-2,14(16)22)18-12(20)10-6-19(7-10)13(21)11-8-23-9(3)17-11/h8,10H,4-7H2,1-3H3,(H2,16,22)(H,18,20). The van der Waals surface area contributed by atoms with Crippen molar-refractivity contribution in [3.63, 3.8) is 0 Å². The van der Waals surface area contributed by atoms with Gasteiger partial charge in [-0.05, 0) is 12.8 Å². The van der Waals surface area contributed by atoms with Gasteiger partial charge >= 0.3 is 0 Å². The molecule has 3 amide bonds. The molecule has 0 spiro atoms. The second-order valence-corrected chi connectivity index (χ2v) is 5.80. The third-order valence-corrected chi connectivity index (χ3v) is 4.42. The highest BCUT2D eigenvalue weighted by Crippen LogP contribution is 2.21. The van der Waals surface area contributed by atoms with Crippen LogP contribution >= 0.6 is 0 Å². The fraction of sp³-hybridized carbons (Fsp3) is 0.600. The van der Waals surface area contributed by atoms with E-state index in [9.17, 15) is 14.4 Å². The van der Waals surface area contributed by atoms with Gasteiger partial charge in [0, 0.05) is 20.0 Å². The molecule has 8 heteroatoms. The monoisotopic (exact) mass is 322 g/mol. The van der Waals surface area contributed by atoms with Crippen molar-refractivity contribution in [3.05, 3.63) is 17.8 Å². The first-order valence-corrected chi connectivity index (χ1v) is 7.66. The average molecular weight is 322 g/mol. The Morgan fingerprint density at radius 2 is 2.00 bits per heavy atom. The van der Waals surface area contributed by atoms with Crippen molar-refractivity contribution >= 4 is 17.7 Å². The molecule has 126 valence electrons. The van der Waals surface area contributed by atoms with Crippen LogP contribution in [0.5, 0.6) is 0 Å². The van der Waals surface area contributed by atoms with Crippen LogP contribution in [0.3, 0.4) is 0 Å². The minimum atomic E-state index is -1.02. The normalized spacial score (nSPS) is 15.2. The molecule has 23 heavy (non-hydrogen) atoms. The van der Waals surface area contributed by atoms with Gasteiger partial charge < -0.3 is 20.4 Å². The lowest BCUT2D eigenvalue weighted by Crippen LogP contribution is -2.62. The number of aromatic nitrogens is 1. The van der Waals surface area contributed by atoms with E-state index in [1.54, 1.807) is 20.8 Å². The molecule has 2 heterocycles. The Hall–Kier alpha value is -2.38. The number of nitrogens with two attached hydrogens (primary N) is 1. The summed E-state index contributed by atoms with van der Waals surface area (Å²) in [5.41, 5.74) is 4.63. The smallest absolute Gasteiger partial charge is 0.275 e. The van der Waals surface area contributed by atoms with Crippen LogP contribution in [0.2, 0.25) is 0 Å². The van der Waals surface area contributed by atoms with Gasteiger partial charge in [0.2, 0.25) is 11.8 Å². The van der Waals surface area contributed by atoms with E-state index >= 15 is 0 Å². The molecule has 0 aromatic carbocycles. The molecule has 8 nitrogen and oxygen atoms in total. The molecule has 0 bridgehead atoms. The molecular formula is C15H22N4O4.